The van der Waals surface area contributed by atoms with Gasteiger partial charge < -0.3 is 4.90 Å². The lowest BCUT2D eigenvalue weighted by molar-refractivity contribution is 0.579. The summed E-state index contributed by atoms with van der Waals surface area (Å²) in [5.41, 5.74) is 3.61. The highest BCUT2D eigenvalue weighted by atomic mass is 127. The SMILES string of the molecule is Cc1cc(N2CCCCC2)c2ccc(I)cc2n1. The number of hydrogen-bond acceptors (Lipinski definition) is 2. The number of rotatable bonds is 1. The predicted octanol–water partition coefficient (Wildman–Crippen LogP) is 4.14. The van der Waals surface area contributed by atoms with E-state index in [-0.39, 0.29) is 0 Å². The summed E-state index contributed by atoms with van der Waals surface area (Å²) in [6, 6.07) is 8.80. The van der Waals surface area contributed by atoms with Crippen molar-refractivity contribution in [2.24, 2.45) is 0 Å². The molecule has 0 atom stereocenters. The molecule has 0 saturated carbocycles. The van der Waals surface area contributed by atoms with Gasteiger partial charge >= 0.3 is 0 Å². The second kappa shape index (κ2) is 5.03. The Kier molecular flexibility index (Phi) is 3.41. The van der Waals surface area contributed by atoms with E-state index in [2.05, 4.69) is 63.7 Å². The molecular weight excluding hydrogens is 335 g/mol. The Bertz CT molecular complexity index is 569. The van der Waals surface area contributed by atoms with Crippen LogP contribution in [0.3, 0.4) is 0 Å². The minimum absolute atomic E-state index is 1.12. The molecule has 0 amide bonds. The number of nitrogens with zero attached hydrogens (tertiary/aromatic N) is 2. The number of aromatic nitrogens is 1. The first kappa shape index (κ1) is 12.2. The summed E-state index contributed by atoms with van der Waals surface area (Å²) < 4.78 is 1.25. The third-order valence-electron chi connectivity index (χ3n) is 3.57. The lowest BCUT2D eigenvalue weighted by atomic mass is 10.1. The molecule has 0 N–H and O–H groups in total. The Morgan fingerprint density at radius 2 is 1.89 bits per heavy atom. The normalized spacial score (nSPS) is 16.2. The molecule has 0 spiro atoms. The van der Waals surface area contributed by atoms with E-state index in [1.165, 1.54) is 47.0 Å². The highest BCUT2D eigenvalue weighted by molar-refractivity contribution is 14.1. The number of halogens is 1. The van der Waals surface area contributed by atoms with E-state index in [0.29, 0.717) is 0 Å². The fourth-order valence-electron chi connectivity index (χ4n) is 2.71. The van der Waals surface area contributed by atoms with Crippen molar-refractivity contribution in [2.45, 2.75) is 26.2 Å². The van der Waals surface area contributed by atoms with Gasteiger partial charge in [0.15, 0.2) is 0 Å². The topological polar surface area (TPSA) is 16.1 Å². The van der Waals surface area contributed by atoms with E-state index >= 15 is 0 Å². The predicted molar refractivity (Wildman–Crippen MR) is 85.3 cm³/mol. The highest BCUT2D eigenvalue weighted by Crippen LogP contribution is 2.29. The third kappa shape index (κ3) is 2.32. The molecule has 94 valence electrons. The molecule has 0 aliphatic carbocycles. The summed E-state index contributed by atoms with van der Waals surface area (Å²) in [5.74, 6) is 0. The molecule has 0 bridgehead atoms. The van der Waals surface area contributed by atoms with Crippen molar-refractivity contribution in [1.82, 2.24) is 4.98 Å². The van der Waals surface area contributed by atoms with Gasteiger partial charge in [-0.2, -0.15) is 0 Å². The number of hydrogen-bond donors (Lipinski definition) is 0. The maximum absolute atomic E-state index is 4.66. The van der Waals surface area contributed by atoms with Crippen LogP contribution in [0.15, 0.2) is 24.3 Å². The van der Waals surface area contributed by atoms with Gasteiger partial charge in [0.05, 0.1) is 5.52 Å². The van der Waals surface area contributed by atoms with E-state index in [4.69, 9.17) is 0 Å². The van der Waals surface area contributed by atoms with Crippen LogP contribution in [0, 0.1) is 10.5 Å². The molecule has 1 aliphatic heterocycles. The van der Waals surface area contributed by atoms with Crippen molar-refractivity contribution in [3.8, 4) is 0 Å². The Morgan fingerprint density at radius 1 is 1.11 bits per heavy atom. The Balaban J connectivity index is 2.14. The second-order valence-electron chi connectivity index (χ2n) is 4.99. The fraction of sp³-hybridized carbons (Fsp3) is 0.400. The second-order valence-corrected chi connectivity index (χ2v) is 6.24. The minimum Gasteiger partial charge on any atom is -0.371 e. The Labute approximate surface area is 122 Å². The quantitative estimate of drug-likeness (QED) is 0.718. The molecule has 0 radical (unpaired) electrons. The number of piperidine rings is 1. The van der Waals surface area contributed by atoms with E-state index < -0.39 is 0 Å². The van der Waals surface area contributed by atoms with E-state index in [0.717, 1.165) is 11.2 Å². The van der Waals surface area contributed by atoms with Crippen LogP contribution >= 0.6 is 22.6 Å². The van der Waals surface area contributed by atoms with Gasteiger partial charge in [-0.05, 0) is 73.0 Å². The molecule has 1 aliphatic rings. The van der Waals surface area contributed by atoms with Gasteiger partial charge in [-0.25, -0.2) is 0 Å². The Hall–Kier alpha value is -0.840. The largest absolute Gasteiger partial charge is 0.371 e. The van der Waals surface area contributed by atoms with Crippen LogP contribution < -0.4 is 4.90 Å². The van der Waals surface area contributed by atoms with Crippen LogP contribution in [0.5, 0.6) is 0 Å². The molecule has 2 heterocycles. The summed E-state index contributed by atoms with van der Waals surface area (Å²) in [4.78, 5) is 7.18. The van der Waals surface area contributed by atoms with E-state index in [9.17, 15) is 0 Å². The smallest absolute Gasteiger partial charge is 0.0736 e. The minimum atomic E-state index is 1.12. The lowest BCUT2D eigenvalue weighted by Crippen LogP contribution is -2.29. The number of pyridine rings is 1. The molecule has 3 rings (SSSR count). The molecule has 2 aromatic rings. The standard InChI is InChI=1S/C15H17IN2/c1-11-9-15(18-7-3-2-4-8-18)13-6-5-12(16)10-14(13)17-11/h5-6,9-10H,2-4,7-8H2,1H3. The zero-order valence-corrected chi connectivity index (χ0v) is 12.8. The summed E-state index contributed by atoms with van der Waals surface area (Å²) in [7, 11) is 0. The molecule has 3 heteroatoms. The van der Waals surface area contributed by atoms with Crippen molar-refractivity contribution >= 4 is 39.2 Å². The van der Waals surface area contributed by atoms with Crippen LogP contribution in [0.25, 0.3) is 10.9 Å². The zero-order chi connectivity index (χ0) is 12.5. The number of benzene rings is 1. The molecule has 18 heavy (non-hydrogen) atoms. The van der Waals surface area contributed by atoms with Gasteiger partial charge in [-0.3, -0.25) is 4.98 Å². The van der Waals surface area contributed by atoms with E-state index in [1.807, 2.05) is 0 Å². The fourth-order valence-corrected chi connectivity index (χ4v) is 3.18. The van der Waals surface area contributed by atoms with E-state index in [1.54, 1.807) is 0 Å². The molecule has 1 fully saturated rings. The van der Waals surface area contributed by atoms with Crippen LogP contribution in [0.4, 0.5) is 5.69 Å². The average Bonchev–Trinajstić information content (AvgIpc) is 2.38. The van der Waals surface area contributed by atoms with Crippen molar-refractivity contribution < 1.29 is 0 Å². The molecule has 1 aromatic carbocycles. The van der Waals surface area contributed by atoms with Gasteiger partial charge in [0.2, 0.25) is 0 Å². The molecular formula is C15H17IN2. The van der Waals surface area contributed by atoms with Gasteiger partial charge in [0.25, 0.3) is 0 Å². The maximum Gasteiger partial charge on any atom is 0.0736 e. The van der Waals surface area contributed by atoms with Crippen LogP contribution in [-0.4, -0.2) is 18.1 Å². The van der Waals surface area contributed by atoms with Gasteiger partial charge in [-0.1, -0.05) is 0 Å². The molecule has 2 nitrogen and oxygen atoms in total. The van der Waals surface area contributed by atoms with Crippen molar-refractivity contribution in [2.75, 3.05) is 18.0 Å². The van der Waals surface area contributed by atoms with Gasteiger partial charge in [0.1, 0.15) is 0 Å². The first-order valence-electron chi connectivity index (χ1n) is 6.56. The summed E-state index contributed by atoms with van der Waals surface area (Å²) in [6.07, 6.45) is 4.00. The monoisotopic (exact) mass is 352 g/mol. The average molecular weight is 352 g/mol. The lowest BCUT2D eigenvalue weighted by Gasteiger charge is -2.30. The van der Waals surface area contributed by atoms with Crippen molar-refractivity contribution in [3.05, 3.63) is 33.5 Å². The van der Waals surface area contributed by atoms with Crippen molar-refractivity contribution in [1.29, 1.82) is 0 Å². The Morgan fingerprint density at radius 3 is 2.67 bits per heavy atom. The molecule has 1 saturated heterocycles. The van der Waals surface area contributed by atoms with Crippen LogP contribution in [0.2, 0.25) is 0 Å². The van der Waals surface area contributed by atoms with Crippen LogP contribution in [-0.2, 0) is 0 Å². The number of aryl methyl sites for hydroxylation is 1. The molecule has 1 aromatic heterocycles. The van der Waals surface area contributed by atoms with Gasteiger partial charge in [0, 0.05) is 33.4 Å². The van der Waals surface area contributed by atoms with Crippen molar-refractivity contribution in [3.63, 3.8) is 0 Å². The maximum atomic E-state index is 4.66. The van der Waals surface area contributed by atoms with Gasteiger partial charge in [-0.15, -0.1) is 0 Å². The highest BCUT2D eigenvalue weighted by Gasteiger charge is 2.14. The zero-order valence-electron chi connectivity index (χ0n) is 10.6. The molecule has 0 unspecified atom stereocenters. The summed E-state index contributed by atoms with van der Waals surface area (Å²) in [6.45, 7) is 4.46. The number of anilines is 1. The van der Waals surface area contributed by atoms with Crippen LogP contribution in [0.1, 0.15) is 25.0 Å². The first-order valence-corrected chi connectivity index (χ1v) is 7.64. The summed E-state index contributed by atoms with van der Waals surface area (Å²) >= 11 is 2.35. The number of fused-ring (bicyclic) bond motifs is 1. The first-order chi connectivity index (χ1) is 8.74. The third-order valence-corrected chi connectivity index (χ3v) is 4.25. The summed E-state index contributed by atoms with van der Waals surface area (Å²) in [5, 5.41) is 1.29.